The largest absolute Gasteiger partial charge is 0.390 e. The van der Waals surface area contributed by atoms with E-state index in [0.29, 0.717) is 18.5 Å². The van der Waals surface area contributed by atoms with Crippen molar-refractivity contribution in [1.82, 2.24) is 4.90 Å². The molecular formula is C16H22FNO2. The molecule has 0 spiro atoms. The Labute approximate surface area is 119 Å². The third-order valence-corrected chi connectivity index (χ3v) is 3.96. The third-order valence-electron chi connectivity index (χ3n) is 3.96. The van der Waals surface area contributed by atoms with Crippen LogP contribution in [0.25, 0.3) is 0 Å². The minimum absolute atomic E-state index is 0.0273. The van der Waals surface area contributed by atoms with Crippen molar-refractivity contribution in [2.45, 2.75) is 38.2 Å². The summed E-state index contributed by atoms with van der Waals surface area (Å²) in [5, 5.41) is 10.0. The van der Waals surface area contributed by atoms with Crippen molar-refractivity contribution in [3.05, 3.63) is 35.6 Å². The van der Waals surface area contributed by atoms with Crippen LogP contribution in [0.1, 0.15) is 43.0 Å². The maximum Gasteiger partial charge on any atom is 0.164 e. The predicted octanol–water partition coefficient (Wildman–Crippen LogP) is 2.64. The SMILES string of the molecule is CC1(O)CCCN(CCC(=O)c2cccc(F)c2)CC1. The molecule has 0 amide bonds. The first-order valence-corrected chi connectivity index (χ1v) is 7.20. The van der Waals surface area contributed by atoms with Crippen molar-refractivity contribution in [3.8, 4) is 0 Å². The number of rotatable bonds is 4. The number of carbonyl (C=O) groups is 1. The molecule has 1 saturated heterocycles. The van der Waals surface area contributed by atoms with Gasteiger partial charge in [-0.2, -0.15) is 0 Å². The van der Waals surface area contributed by atoms with Gasteiger partial charge in [0.15, 0.2) is 5.78 Å². The average Bonchev–Trinajstić information content (AvgIpc) is 2.57. The predicted molar refractivity (Wildman–Crippen MR) is 76.3 cm³/mol. The van der Waals surface area contributed by atoms with E-state index in [0.717, 1.165) is 32.4 Å². The van der Waals surface area contributed by atoms with E-state index in [-0.39, 0.29) is 11.6 Å². The van der Waals surface area contributed by atoms with Crippen LogP contribution in [0.4, 0.5) is 4.39 Å². The van der Waals surface area contributed by atoms with Crippen LogP contribution in [-0.2, 0) is 0 Å². The highest BCUT2D eigenvalue weighted by molar-refractivity contribution is 5.96. The number of likely N-dealkylation sites (tertiary alicyclic amines) is 1. The molecule has 1 aromatic rings. The Hall–Kier alpha value is -1.26. The molecule has 0 radical (unpaired) electrons. The van der Waals surface area contributed by atoms with E-state index in [1.807, 2.05) is 6.92 Å². The van der Waals surface area contributed by atoms with Gasteiger partial charge in [0, 0.05) is 25.1 Å². The molecule has 1 unspecified atom stereocenters. The van der Waals surface area contributed by atoms with E-state index in [4.69, 9.17) is 0 Å². The number of aliphatic hydroxyl groups is 1. The second kappa shape index (κ2) is 6.46. The minimum atomic E-state index is -0.582. The molecule has 20 heavy (non-hydrogen) atoms. The third kappa shape index (κ3) is 4.39. The first kappa shape index (κ1) is 15.1. The van der Waals surface area contributed by atoms with Gasteiger partial charge in [-0.15, -0.1) is 0 Å². The summed E-state index contributed by atoms with van der Waals surface area (Å²) in [6.07, 6.45) is 2.88. The number of benzene rings is 1. The van der Waals surface area contributed by atoms with Crippen molar-refractivity contribution < 1.29 is 14.3 Å². The lowest BCUT2D eigenvalue weighted by Crippen LogP contribution is -2.30. The Balaban J connectivity index is 1.84. The zero-order valence-corrected chi connectivity index (χ0v) is 11.9. The van der Waals surface area contributed by atoms with E-state index in [2.05, 4.69) is 4.90 Å². The van der Waals surface area contributed by atoms with Gasteiger partial charge >= 0.3 is 0 Å². The molecule has 1 aliphatic rings. The summed E-state index contributed by atoms with van der Waals surface area (Å²) in [4.78, 5) is 14.2. The van der Waals surface area contributed by atoms with Crippen LogP contribution in [0.3, 0.4) is 0 Å². The Bertz CT molecular complexity index is 473. The molecule has 1 aliphatic heterocycles. The highest BCUT2D eigenvalue weighted by Gasteiger charge is 2.24. The van der Waals surface area contributed by atoms with Crippen molar-refractivity contribution in [3.63, 3.8) is 0 Å². The molecule has 4 heteroatoms. The molecule has 110 valence electrons. The smallest absolute Gasteiger partial charge is 0.164 e. The van der Waals surface area contributed by atoms with E-state index in [1.54, 1.807) is 12.1 Å². The highest BCUT2D eigenvalue weighted by atomic mass is 19.1. The average molecular weight is 279 g/mol. The van der Waals surface area contributed by atoms with E-state index < -0.39 is 5.60 Å². The number of hydrogen-bond donors (Lipinski definition) is 1. The van der Waals surface area contributed by atoms with Crippen molar-refractivity contribution >= 4 is 5.78 Å². The second-order valence-electron chi connectivity index (χ2n) is 5.88. The maximum atomic E-state index is 13.1. The number of hydrogen-bond acceptors (Lipinski definition) is 3. The van der Waals surface area contributed by atoms with Gasteiger partial charge in [0.2, 0.25) is 0 Å². The van der Waals surface area contributed by atoms with Gasteiger partial charge in [-0.25, -0.2) is 4.39 Å². The van der Waals surface area contributed by atoms with Crippen LogP contribution in [0.2, 0.25) is 0 Å². The van der Waals surface area contributed by atoms with Crippen LogP contribution in [0, 0.1) is 5.82 Å². The van der Waals surface area contributed by atoms with Gasteiger partial charge in [0.05, 0.1) is 5.60 Å². The molecule has 1 heterocycles. The molecule has 0 saturated carbocycles. The van der Waals surface area contributed by atoms with E-state index >= 15 is 0 Å². The molecule has 0 bridgehead atoms. The lowest BCUT2D eigenvalue weighted by molar-refractivity contribution is 0.0446. The molecule has 1 atom stereocenters. The van der Waals surface area contributed by atoms with Gasteiger partial charge < -0.3 is 10.0 Å². The summed E-state index contributed by atoms with van der Waals surface area (Å²) in [7, 11) is 0. The first-order valence-electron chi connectivity index (χ1n) is 7.20. The fourth-order valence-electron chi connectivity index (χ4n) is 2.61. The van der Waals surface area contributed by atoms with Crippen LogP contribution >= 0.6 is 0 Å². The Morgan fingerprint density at radius 2 is 2.20 bits per heavy atom. The Morgan fingerprint density at radius 3 is 2.95 bits per heavy atom. The lowest BCUT2D eigenvalue weighted by atomic mass is 9.98. The Kier molecular flexibility index (Phi) is 4.89. The van der Waals surface area contributed by atoms with Crippen LogP contribution in [0.5, 0.6) is 0 Å². The van der Waals surface area contributed by atoms with Gasteiger partial charge in [-0.3, -0.25) is 4.79 Å². The number of halogens is 1. The highest BCUT2D eigenvalue weighted by Crippen LogP contribution is 2.21. The first-order chi connectivity index (χ1) is 9.46. The summed E-state index contributed by atoms with van der Waals surface area (Å²) in [6, 6.07) is 5.84. The fourth-order valence-corrected chi connectivity index (χ4v) is 2.61. The number of Topliss-reactive ketones (excluding diaryl/α,β-unsaturated/α-hetero) is 1. The van der Waals surface area contributed by atoms with Crippen LogP contribution < -0.4 is 0 Å². The number of nitrogens with zero attached hydrogens (tertiary/aromatic N) is 1. The van der Waals surface area contributed by atoms with E-state index in [9.17, 15) is 14.3 Å². The zero-order valence-electron chi connectivity index (χ0n) is 11.9. The number of ketones is 1. The topological polar surface area (TPSA) is 40.5 Å². The van der Waals surface area contributed by atoms with Gasteiger partial charge in [-0.05, 0) is 44.9 Å². The standard InChI is InChI=1S/C16H22FNO2/c1-16(20)7-3-9-18(11-8-16)10-6-15(19)13-4-2-5-14(17)12-13/h2,4-5,12,20H,3,6-11H2,1H3. The maximum absolute atomic E-state index is 13.1. The quantitative estimate of drug-likeness (QED) is 0.861. The minimum Gasteiger partial charge on any atom is -0.390 e. The summed E-state index contributed by atoms with van der Waals surface area (Å²) in [5.41, 5.74) is -0.145. The van der Waals surface area contributed by atoms with Gasteiger partial charge in [0.25, 0.3) is 0 Å². The molecule has 0 aromatic heterocycles. The van der Waals surface area contributed by atoms with Crippen LogP contribution in [-0.4, -0.2) is 41.0 Å². The summed E-state index contributed by atoms with van der Waals surface area (Å²) in [6.45, 7) is 4.26. The molecule has 1 aromatic carbocycles. The number of carbonyl (C=O) groups excluding carboxylic acids is 1. The van der Waals surface area contributed by atoms with Crippen molar-refractivity contribution in [2.75, 3.05) is 19.6 Å². The Morgan fingerprint density at radius 1 is 1.40 bits per heavy atom. The fraction of sp³-hybridized carbons (Fsp3) is 0.562. The molecule has 0 aliphatic carbocycles. The van der Waals surface area contributed by atoms with Gasteiger partial charge in [0.1, 0.15) is 5.82 Å². The summed E-state index contributed by atoms with van der Waals surface area (Å²) < 4.78 is 13.1. The monoisotopic (exact) mass is 279 g/mol. The van der Waals surface area contributed by atoms with Crippen LogP contribution in [0.15, 0.2) is 24.3 Å². The van der Waals surface area contributed by atoms with E-state index in [1.165, 1.54) is 12.1 Å². The molecular weight excluding hydrogens is 257 g/mol. The molecule has 1 N–H and O–H groups in total. The molecule has 2 rings (SSSR count). The summed E-state index contributed by atoms with van der Waals surface area (Å²) >= 11 is 0. The van der Waals surface area contributed by atoms with Crippen molar-refractivity contribution in [2.24, 2.45) is 0 Å². The zero-order chi connectivity index (χ0) is 14.6. The lowest BCUT2D eigenvalue weighted by Gasteiger charge is -2.22. The van der Waals surface area contributed by atoms with Crippen molar-refractivity contribution in [1.29, 1.82) is 0 Å². The summed E-state index contributed by atoms with van der Waals surface area (Å²) in [5.74, 6) is -0.401. The molecule has 3 nitrogen and oxygen atoms in total. The normalized spacial score (nSPS) is 24.4. The molecule has 1 fully saturated rings. The second-order valence-corrected chi connectivity index (χ2v) is 5.88. The van der Waals surface area contributed by atoms with Gasteiger partial charge in [-0.1, -0.05) is 12.1 Å².